The van der Waals surface area contributed by atoms with Crippen LogP contribution in [0.5, 0.6) is 0 Å². The maximum Gasteiger partial charge on any atom is 0.324 e. The first-order valence-corrected chi connectivity index (χ1v) is 9.73. The lowest BCUT2D eigenvalue weighted by atomic mass is 9.98. The molecule has 0 saturated carbocycles. The lowest BCUT2D eigenvalue weighted by molar-refractivity contribution is -0.126. The predicted molar refractivity (Wildman–Crippen MR) is 105 cm³/mol. The van der Waals surface area contributed by atoms with Crippen molar-refractivity contribution < 1.29 is 9.59 Å². The van der Waals surface area contributed by atoms with Gasteiger partial charge in [0, 0.05) is 18.7 Å². The third-order valence-electron chi connectivity index (χ3n) is 4.85. The molecule has 2 aromatic heterocycles. The smallest absolute Gasteiger partial charge is 0.324 e. The molecule has 3 rings (SSSR count). The molecule has 0 spiro atoms. The minimum absolute atomic E-state index is 0.221. The zero-order chi connectivity index (χ0) is 19.8. The average Bonchev–Trinajstić information content (AvgIpc) is 3.18. The largest absolute Gasteiger partial charge is 0.368 e. The highest BCUT2D eigenvalue weighted by molar-refractivity contribution is 7.19. The molecule has 1 aliphatic heterocycles. The number of likely N-dealkylation sites (tertiary alicyclic amines) is 1. The second kappa shape index (κ2) is 7.22. The number of rotatable bonds is 4. The Kier molecular flexibility index (Phi) is 5.14. The summed E-state index contributed by atoms with van der Waals surface area (Å²) >= 11 is 1.35. The standard InChI is InChI=1S/C18H24N6O2S/c1-10(2)14-20-8-6-12(22-14)13-11(3)21-16(27-13)23-17(26)24-9-5-7-18(24,4)15(19)25/h6,8,10H,5,7,9H2,1-4H3,(H2,19,25)(H,21,23,26)/t18-/m0/s1. The molecule has 0 aliphatic carbocycles. The van der Waals surface area contributed by atoms with Gasteiger partial charge in [0.25, 0.3) is 0 Å². The molecule has 0 radical (unpaired) electrons. The molecular formula is C18H24N6O2S. The zero-order valence-electron chi connectivity index (χ0n) is 15.9. The van der Waals surface area contributed by atoms with Crippen LogP contribution in [0.1, 0.15) is 51.0 Å². The Balaban J connectivity index is 1.82. The van der Waals surface area contributed by atoms with Crippen molar-refractivity contribution in [1.82, 2.24) is 19.9 Å². The number of primary amides is 1. The van der Waals surface area contributed by atoms with Crippen LogP contribution in [-0.2, 0) is 4.79 Å². The monoisotopic (exact) mass is 388 g/mol. The molecule has 1 aliphatic rings. The molecule has 1 atom stereocenters. The fraction of sp³-hybridized carbons (Fsp3) is 0.500. The van der Waals surface area contributed by atoms with Crippen LogP contribution in [0.25, 0.3) is 10.6 Å². The number of carbonyl (C=O) groups is 2. The molecule has 0 bridgehead atoms. The maximum atomic E-state index is 12.7. The van der Waals surface area contributed by atoms with Crippen molar-refractivity contribution in [3.8, 4) is 10.6 Å². The zero-order valence-corrected chi connectivity index (χ0v) is 16.8. The Hall–Kier alpha value is -2.55. The highest BCUT2D eigenvalue weighted by Crippen LogP contribution is 2.33. The second-order valence-corrected chi connectivity index (χ2v) is 8.21. The molecule has 144 valence electrons. The fourth-order valence-corrected chi connectivity index (χ4v) is 4.10. The third-order valence-corrected chi connectivity index (χ3v) is 5.95. The lowest BCUT2D eigenvalue weighted by Crippen LogP contribution is -2.55. The predicted octanol–water partition coefficient (Wildman–Crippen LogP) is 2.90. The van der Waals surface area contributed by atoms with E-state index in [2.05, 4.69) is 20.3 Å². The number of hydrogen-bond donors (Lipinski definition) is 2. The van der Waals surface area contributed by atoms with E-state index >= 15 is 0 Å². The summed E-state index contributed by atoms with van der Waals surface area (Å²) in [6.45, 7) is 8.15. The van der Waals surface area contributed by atoms with Crippen molar-refractivity contribution in [2.45, 2.75) is 52.0 Å². The summed E-state index contributed by atoms with van der Waals surface area (Å²) in [5, 5.41) is 3.27. The van der Waals surface area contributed by atoms with Gasteiger partial charge in [0.15, 0.2) is 5.13 Å². The summed E-state index contributed by atoms with van der Waals surface area (Å²) in [4.78, 5) is 40.2. The van der Waals surface area contributed by atoms with Crippen molar-refractivity contribution in [2.24, 2.45) is 5.73 Å². The van der Waals surface area contributed by atoms with Crippen LogP contribution in [0.2, 0.25) is 0 Å². The van der Waals surface area contributed by atoms with Gasteiger partial charge < -0.3 is 10.6 Å². The summed E-state index contributed by atoms with van der Waals surface area (Å²) in [5.74, 6) is 0.493. The summed E-state index contributed by atoms with van der Waals surface area (Å²) in [5.41, 5.74) is 6.11. The first-order valence-electron chi connectivity index (χ1n) is 8.91. The van der Waals surface area contributed by atoms with Gasteiger partial charge in [-0.1, -0.05) is 25.2 Å². The molecule has 0 unspecified atom stereocenters. The number of nitrogens with zero attached hydrogens (tertiary/aromatic N) is 4. The van der Waals surface area contributed by atoms with Gasteiger partial charge in [-0.25, -0.2) is 19.7 Å². The van der Waals surface area contributed by atoms with Crippen LogP contribution >= 0.6 is 11.3 Å². The van der Waals surface area contributed by atoms with Crippen molar-refractivity contribution in [3.63, 3.8) is 0 Å². The van der Waals surface area contributed by atoms with E-state index in [9.17, 15) is 9.59 Å². The Morgan fingerprint density at radius 2 is 2.11 bits per heavy atom. The molecule has 0 aromatic carbocycles. The summed E-state index contributed by atoms with van der Waals surface area (Å²) in [6, 6.07) is 1.47. The molecule has 27 heavy (non-hydrogen) atoms. The highest BCUT2D eigenvalue weighted by Gasteiger charge is 2.44. The molecule has 9 heteroatoms. The van der Waals surface area contributed by atoms with Crippen LogP contribution in [0.3, 0.4) is 0 Å². The van der Waals surface area contributed by atoms with Gasteiger partial charge in [-0.3, -0.25) is 10.1 Å². The van der Waals surface area contributed by atoms with Gasteiger partial charge in [0.2, 0.25) is 5.91 Å². The number of carbonyl (C=O) groups excluding carboxylic acids is 2. The average molecular weight is 388 g/mol. The van der Waals surface area contributed by atoms with Crippen molar-refractivity contribution in [3.05, 3.63) is 23.8 Å². The Morgan fingerprint density at radius 1 is 1.37 bits per heavy atom. The molecule has 3 N–H and O–H groups in total. The fourth-order valence-electron chi connectivity index (χ4n) is 3.17. The van der Waals surface area contributed by atoms with Crippen molar-refractivity contribution >= 4 is 28.4 Å². The van der Waals surface area contributed by atoms with E-state index in [1.165, 1.54) is 16.2 Å². The van der Waals surface area contributed by atoms with Crippen LogP contribution in [0, 0.1) is 6.92 Å². The molecule has 3 heterocycles. The van der Waals surface area contributed by atoms with Gasteiger partial charge in [-0.2, -0.15) is 0 Å². The number of amides is 3. The Bertz CT molecular complexity index is 880. The number of anilines is 1. The molecular weight excluding hydrogens is 364 g/mol. The van der Waals surface area contributed by atoms with Gasteiger partial charge in [0.1, 0.15) is 11.4 Å². The van der Waals surface area contributed by atoms with E-state index in [0.717, 1.165) is 28.5 Å². The molecule has 1 saturated heterocycles. The van der Waals surface area contributed by atoms with Gasteiger partial charge in [-0.15, -0.1) is 0 Å². The number of hydrogen-bond acceptors (Lipinski definition) is 6. The van der Waals surface area contributed by atoms with E-state index < -0.39 is 11.4 Å². The lowest BCUT2D eigenvalue weighted by Gasteiger charge is -2.31. The highest BCUT2D eigenvalue weighted by atomic mass is 32.1. The van der Waals surface area contributed by atoms with E-state index in [1.54, 1.807) is 13.1 Å². The number of nitrogens with one attached hydrogen (secondary N) is 1. The maximum absolute atomic E-state index is 12.7. The Labute approximate surface area is 162 Å². The third kappa shape index (κ3) is 3.64. The first kappa shape index (κ1) is 19.2. The number of aromatic nitrogens is 3. The van der Waals surface area contributed by atoms with Gasteiger partial charge in [0.05, 0.1) is 16.3 Å². The van der Waals surface area contributed by atoms with E-state index in [4.69, 9.17) is 5.73 Å². The van der Waals surface area contributed by atoms with Crippen molar-refractivity contribution in [1.29, 1.82) is 0 Å². The van der Waals surface area contributed by atoms with Gasteiger partial charge in [-0.05, 0) is 32.8 Å². The quantitative estimate of drug-likeness (QED) is 0.836. The number of nitrogens with two attached hydrogens (primary N) is 1. The molecule has 3 amide bonds. The summed E-state index contributed by atoms with van der Waals surface area (Å²) in [7, 11) is 0. The molecule has 8 nitrogen and oxygen atoms in total. The Morgan fingerprint density at radius 3 is 2.78 bits per heavy atom. The van der Waals surface area contributed by atoms with Crippen LogP contribution in [0.4, 0.5) is 9.93 Å². The normalized spacial score (nSPS) is 19.5. The SMILES string of the molecule is Cc1nc(NC(=O)N2CCC[C@@]2(C)C(N)=O)sc1-c1ccnc(C(C)C)n1. The van der Waals surface area contributed by atoms with Crippen LogP contribution in [-0.4, -0.2) is 43.9 Å². The number of thiazole rings is 1. The number of aryl methyl sites for hydroxylation is 1. The number of urea groups is 1. The van der Waals surface area contributed by atoms with Crippen molar-refractivity contribution in [2.75, 3.05) is 11.9 Å². The summed E-state index contributed by atoms with van der Waals surface area (Å²) in [6.07, 6.45) is 3.04. The first-order chi connectivity index (χ1) is 12.7. The van der Waals surface area contributed by atoms with Crippen LogP contribution < -0.4 is 11.1 Å². The minimum atomic E-state index is -0.960. The molecule has 1 fully saturated rings. The minimum Gasteiger partial charge on any atom is -0.368 e. The van der Waals surface area contributed by atoms with Gasteiger partial charge >= 0.3 is 6.03 Å². The second-order valence-electron chi connectivity index (χ2n) is 7.21. The van der Waals surface area contributed by atoms with E-state index in [1.807, 2.05) is 26.8 Å². The molecule has 2 aromatic rings. The van der Waals surface area contributed by atoms with E-state index in [-0.39, 0.29) is 11.9 Å². The van der Waals surface area contributed by atoms with Crippen LogP contribution in [0.15, 0.2) is 12.3 Å². The summed E-state index contributed by atoms with van der Waals surface area (Å²) < 4.78 is 0. The topological polar surface area (TPSA) is 114 Å². The van der Waals surface area contributed by atoms with E-state index in [0.29, 0.717) is 18.1 Å².